The number of carbonyl (C=O) groups is 1. The van der Waals surface area contributed by atoms with Crippen molar-refractivity contribution in [2.24, 2.45) is 0 Å². The van der Waals surface area contributed by atoms with Crippen LogP contribution >= 0.6 is 0 Å². The predicted octanol–water partition coefficient (Wildman–Crippen LogP) is 1.60. The number of aliphatic hydroxyl groups excluding tert-OH is 1. The Balaban J connectivity index is 1.84. The lowest BCUT2D eigenvalue weighted by molar-refractivity contribution is -0.121. The van der Waals surface area contributed by atoms with Gasteiger partial charge in [-0.15, -0.1) is 0 Å². The van der Waals surface area contributed by atoms with Crippen molar-refractivity contribution >= 4 is 5.97 Å². The van der Waals surface area contributed by atoms with Gasteiger partial charge in [-0.1, -0.05) is 17.7 Å². The van der Waals surface area contributed by atoms with Crippen LogP contribution in [0.1, 0.15) is 22.3 Å². The molecular weight excluding hydrogens is 239 g/mol. The topological polar surface area (TPSA) is 55.8 Å². The molecule has 1 aromatic rings. The molecular formula is C13H15FO4. The van der Waals surface area contributed by atoms with Crippen molar-refractivity contribution in [2.45, 2.75) is 31.9 Å². The van der Waals surface area contributed by atoms with E-state index in [0.717, 1.165) is 5.56 Å². The lowest BCUT2D eigenvalue weighted by atomic mass is 10.1. The van der Waals surface area contributed by atoms with Crippen LogP contribution in [0.3, 0.4) is 0 Å². The van der Waals surface area contributed by atoms with Crippen molar-refractivity contribution in [1.82, 2.24) is 0 Å². The molecule has 0 aromatic heterocycles. The number of hydrogen-bond acceptors (Lipinski definition) is 4. The molecule has 0 unspecified atom stereocenters. The van der Waals surface area contributed by atoms with E-state index in [-0.39, 0.29) is 13.0 Å². The monoisotopic (exact) mass is 254 g/mol. The first-order valence-corrected chi connectivity index (χ1v) is 5.77. The summed E-state index contributed by atoms with van der Waals surface area (Å²) < 4.78 is 22.8. The highest BCUT2D eigenvalue weighted by molar-refractivity contribution is 5.89. The maximum absolute atomic E-state index is 12.9. The summed E-state index contributed by atoms with van der Waals surface area (Å²) in [6.45, 7) is 1.87. The van der Waals surface area contributed by atoms with E-state index in [0.29, 0.717) is 5.56 Å². The number of halogens is 1. The molecule has 2 rings (SSSR count). The summed E-state index contributed by atoms with van der Waals surface area (Å²) in [7, 11) is 0. The first-order chi connectivity index (χ1) is 8.56. The predicted molar refractivity (Wildman–Crippen MR) is 61.9 cm³/mol. The highest BCUT2D eigenvalue weighted by atomic mass is 19.1. The Bertz CT molecular complexity index is 408. The van der Waals surface area contributed by atoms with Gasteiger partial charge in [-0.25, -0.2) is 9.18 Å². The van der Waals surface area contributed by atoms with Gasteiger partial charge in [0.05, 0.1) is 11.7 Å². The molecule has 1 aromatic carbocycles. The van der Waals surface area contributed by atoms with Gasteiger partial charge in [-0.05, 0) is 19.1 Å². The van der Waals surface area contributed by atoms with Gasteiger partial charge in [-0.2, -0.15) is 0 Å². The highest BCUT2D eigenvalue weighted by Crippen LogP contribution is 2.21. The van der Waals surface area contributed by atoms with Crippen LogP contribution in [0.25, 0.3) is 0 Å². The minimum atomic E-state index is -1.41. The number of aryl methyl sites for hydroxylation is 1. The Morgan fingerprint density at radius 2 is 2.17 bits per heavy atom. The van der Waals surface area contributed by atoms with E-state index in [4.69, 9.17) is 14.6 Å². The fourth-order valence-electron chi connectivity index (χ4n) is 1.75. The van der Waals surface area contributed by atoms with Crippen molar-refractivity contribution in [1.29, 1.82) is 0 Å². The van der Waals surface area contributed by atoms with Crippen LogP contribution in [0.5, 0.6) is 0 Å². The molecule has 0 bridgehead atoms. The van der Waals surface area contributed by atoms with E-state index in [2.05, 4.69) is 0 Å². The van der Waals surface area contributed by atoms with E-state index < -0.39 is 24.5 Å². The summed E-state index contributed by atoms with van der Waals surface area (Å²) in [6, 6.07) is 6.95. The van der Waals surface area contributed by atoms with Crippen LogP contribution < -0.4 is 0 Å². The van der Waals surface area contributed by atoms with Gasteiger partial charge in [-0.3, -0.25) is 0 Å². The SMILES string of the molecule is Cc1ccc(C(=O)OC[C@@H]2C[C@@H](F)[C@@H](O)O2)cc1. The van der Waals surface area contributed by atoms with Crippen LogP contribution in [0, 0.1) is 6.92 Å². The molecule has 18 heavy (non-hydrogen) atoms. The number of aliphatic hydroxyl groups is 1. The summed E-state index contributed by atoms with van der Waals surface area (Å²) in [6.07, 6.45) is -3.35. The summed E-state index contributed by atoms with van der Waals surface area (Å²) in [5.74, 6) is -0.476. The number of alkyl halides is 1. The molecule has 1 heterocycles. The fourth-order valence-corrected chi connectivity index (χ4v) is 1.75. The van der Waals surface area contributed by atoms with Gasteiger partial charge in [0.25, 0.3) is 0 Å². The van der Waals surface area contributed by atoms with E-state index in [1.54, 1.807) is 12.1 Å². The highest BCUT2D eigenvalue weighted by Gasteiger charge is 2.34. The zero-order valence-corrected chi connectivity index (χ0v) is 10.0. The third-order valence-electron chi connectivity index (χ3n) is 2.82. The standard InChI is InChI=1S/C13H15FO4/c1-8-2-4-9(5-3-8)12(15)17-7-10-6-11(14)13(16)18-10/h2-5,10-11,13,16H,6-7H2,1H3/t10-,11+,13-/m0/s1. The molecule has 0 saturated carbocycles. The van der Waals surface area contributed by atoms with Crippen molar-refractivity contribution in [2.75, 3.05) is 6.61 Å². The van der Waals surface area contributed by atoms with Gasteiger partial charge >= 0.3 is 5.97 Å². The van der Waals surface area contributed by atoms with E-state index in [1.165, 1.54) is 0 Å². The first-order valence-electron chi connectivity index (χ1n) is 5.77. The Labute approximate surface area is 104 Å². The van der Waals surface area contributed by atoms with E-state index in [1.807, 2.05) is 19.1 Å². The molecule has 98 valence electrons. The molecule has 1 saturated heterocycles. The average molecular weight is 254 g/mol. The molecule has 0 amide bonds. The molecule has 1 aliphatic rings. The minimum absolute atomic E-state index is 0.0440. The van der Waals surface area contributed by atoms with Crippen molar-refractivity contribution in [3.8, 4) is 0 Å². The molecule has 0 radical (unpaired) electrons. The quantitative estimate of drug-likeness (QED) is 0.832. The third kappa shape index (κ3) is 3.05. The average Bonchev–Trinajstić information content (AvgIpc) is 2.67. The Morgan fingerprint density at radius 3 is 2.72 bits per heavy atom. The Hall–Kier alpha value is -1.46. The molecule has 3 atom stereocenters. The van der Waals surface area contributed by atoms with Gasteiger partial charge in [0, 0.05) is 6.42 Å². The number of carbonyl (C=O) groups excluding carboxylic acids is 1. The minimum Gasteiger partial charge on any atom is -0.459 e. The second kappa shape index (κ2) is 5.46. The second-order valence-corrected chi connectivity index (χ2v) is 4.36. The second-order valence-electron chi connectivity index (χ2n) is 4.36. The first kappa shape index (κ1) is 13.0. The van der Waals surface area contributed by atoms with Crippen LogP contribution in [-0.4, -0.2) is 36.2 Å². The summed E-state index contributed by atoms with van der Waals surface area (Å²) >= 11 is 0. The molecule has 0 aliphatic carbocycles. The molecule has 1 fully saturated rings. The third-order valence-corrected chi connectivity index (χ3v) is 2.82. The largest absolute Gasteiger partial charge is 0.459 e. The van der Waals surface area contributed by atoms with Crippen LogP contribution in [0.15, 0.2) is 24.3 Å². The summed E-state index contributed by atoms with van der Waals surface area (Å²) in [5.41, 5.74) is 1.49. The van der Waals surface area contributed by atoms with Crippen molar-refractivity contribution < 1.29 is 23.8 Å². The van der Waals surface area contributed by atoms with Crippen LogP contribution in [0.2, 0.25) is 0 Å². The van der Waals surface area contributed by atoms with Gasteiger partial charge in [0.2, 0.25) is 0 Å². The molecule has 4 nitrogen and oxygen atoms in total. The summed E-state index contributed by atoms with van der Waals surface area (Å²) in [4.78, 5) is 11.6. The normalized spacial score (nSPS) is 27.2. The number of benzene rings is 1. The van der Waals surface area contributed by atoms with Gasteiger partial charge in [0.15, 0.2) is 12.5 Å². The Morgan fingerprint density at radius 1 is 1.50 bits per heavy atom. The van der Waals surface area contributed by atoms with Crippen LogP contribution in [-0.2, 0) is 9.47 Å². The van der Waals surface area contributed by atoms with Crippen molar-refractivity contribution in [3.63, 3.8) is 0 Å². The number of ether oxygens (including phenoxy) is 2. The number of rotatable bonds is 3. The molecule has 1 aliphatic heterocycles. The number of hydrogen-bond donors (Lipinski definition) is 1. The zero-order chi connectivity index (χ0) is 13.1. The van der Waals surface area contributed by atoms with Gasteiger partial charge in [0.1, 0.15) is 6.61 Å². The zero-order valence-electron chi connectivity index (χ0n) is 10.0. The van der Waals surface area contributed by atoms with E-state index >= 15 is 0 Å². The molecule has 0 spiro atoms. The fraction of sp³-hybridized carbons (Fsp3) is 0.462. The number of esters is 1. The lowest BCUT2D eigenvalue weighted by Crippen LogP contribution is -2.19. The van der Waals surface area contributed by atoms with Gasteiger partial charge < -0.3 is 14.6 Å². The Kier molecular flexibility index (Phi) is 3.93. The van der Waals surface area contributed by atoms with Crippen molar-refractivity contribution in [3.05, 3.63) is 35.4 Å². The van der Waals surface area contributed by atoms with Crippen LogP contribution in [0.4, 0.5) is 4.39 Å². The molecule has 5 heteroatoms. The summed E-state index contributed by atoms with van der Waals surface area (Å²) in [5, 5.41) is 9.04. The maximum atomic E-state index is 12.9. The maximum Gasteiger partial charge on any atom is 0.338 e. The van der Waals surface area contributed by atoms with E-state index in [9.17, 15) is 9.18 Å². The lowest BCUT2D eigenvalue weighted by Gasteiger charge is -2.10. The molecule has 1 N–H and O–H groups in total. The smallest absolute Gasteiger partial charge is 0.338 e.